The lowest BCUT2D eigenvalue weighted by Gasteiger charge is -2.11. The monoisotopic (exact) mass is 393 g/mol. The van der Waals surface area contributed by atoms with E-state index in [1.165, 1.54) is 60.3 Å². The summed E-state index contributed by atoms with van der Waals surface area (Å²) in [5, 5.41) is 5.27. The second kappa shape index (κ2) is 6.20. The lowest BCUT2D eigenvalue weighted by atomic mass is 9.92. The Morgan fingerprint density at radius 2 is 0.871 bits per heavy atom. The molecular formula is C30H19N. The number of para-hydroxylation sites is 2. The van der Waals surface area contributed by atoms with E-state index < -0.39 is 0 Å². The number of fused-ring (bicyclic) bond motifs is 6. The van der Waals surface area contributed by atoms with Gasteiger partial charge < -0.3 is 4.40 Å². The molecule has 0 spiro atoms. The molecule has 0 unspecified atom stereocenters. The molecular weight excluding hydrogens is 374 g/mol. The number of hydrogen-bond acceptors (Lipinski definition) is 0. The minimum atomic E-state index is 1.25. The van der Waals surface area contributed by atoms with E-state index in [0.29, 0.717) is 0 Å². The lowest BCUT2D eigenvalue weighted by molar-refractivity contribution is 1.37. The van der Waals surface area contributed by atoms with E-state index in [-0.39, 0.29) is 0 Å². The van der Waals surface area contributed by atoms with Gasteiger partial charge in [-0.05, 0) is 46.5 Å². The molecule has 1 heteroatoms. The van der Waals surface area contributed by atoms with Crippen molar-refractivity contribution in [2.24, 2.45) is 0 Å². The average molecular weight is 393 g/mol. The summed E-state index contributed by atoms with van der Waals surface area (Å²) in [6.45, 7) is 0. The molecule has 144 valence electrons. The highest BCUT2D eigenvalue weighted by molar-refractivity contribution is 6.24. The summed E-state index contributed by atoms with van der Waals surface area (Å²) in [6.07, 6.45) is 0. The van der Waals surface area contributed by atoms with Crippen LogP contribution >= 0.6 is 0 Å². The number of nitrogens with zero attached hydrogens (tertiary/aromatic N) is 1. The van der Waals surface area contributed by atoms with Gasteiger partial charge in [0.1, 0.15) is 0 Å². The molecule has 7 rings (SSSR count). The third-order valence-electron chi connectivity index (χ3n) is 6.53. The average Bonchev–Trinajstić information content (AvgIpc) is 3.36. The van der Waals surface area contributed by atoms with Crippen molar-refractivity contribution in [1.82, 2.24) is 4.40 Å². The Kier molecular flexibility index (Phi) is 3.33. The maximum atomic E-state index is 2.43. The molecule has 7 aromatic rings. The molecule has 0 N–H and O–H groups in total. The molecule has 0 aliphatic heterocycles. The van der Waals surface area contributed by atoms with Gasteiger partial charge in [-0.2, -0.15) is 0 Å². The number of rotatable bonds is 2. The first kappa shape index (κ1) is 16.7. The van der Waals surface area contributed by atoms with Crippen LogP contribution in [0.3, 0.4) is 0 Å². The topological polar surface area (TPSA) is 4.41 Å². The van der Waals surface area contributed by atoms with Crippen molar-refractivity contribution in [3.63, 3.8) is 0 Å². The molecule has 0 aliphatic carbocycles. The summed E-state index contributed by atoms with van der Waals surface area (Å²) in [7, 11) is 0. The molecule has 0 fully saturated rings. The highest BCUT2D eigenvalue weighted by Gasteiger charge is 2.19. The fourth-order valence-corrected chi connectivity index (χ4v) is 5.21. The molecule has 1 nitrogen and oxygen atoms in total. The van der Waals surface area contributed by atoms with E-state index in [0.717, 1.165) is 0 Å². The molecule has 2 heterocycles. The first-order chi connectivity index (χ1) is 15.4. The highest BCUT2D eigenvalue weighted by atomic mass is 14.9. The molecule has 0 saturated carbocycles. The van der Waals surface area contributed by atoms with Crippen molar-refractivity contribution in [2.75, 3.05) is 0 Å². The summed E-state index contributed by atoms with van der Waals surface area (Å²) in [5.41, 5.74) is 8.93. The Labute approximate surface area is 180 Å². The van der Waals surface area contributed by atoms with Gasteiger partial charge in [-0.3, -0.25) is 0 Å². The Morgan fingerprint density at radius 3 is 1.48 bits per heavy atom. The molecule has 5 aromatic carbocycles. The molecule has 2 aromatic heterocycles. The minimum absolute atomic E-state index is 1.25. The van der Waals surface area contributed by atoms with E-state index in [1.54, 1.807) is 0 Å². The van der Waals surface area contributed by atoms with Gasteiger partial charge in [-0.1, -0.05) is 91.0 Å². The zero-order valence-electron chi connectivity index (χ0n) is 16.9. The van der Waals surface area contributed by atoms with Crippen molar-refractivity contribution < 1.29 is 0 Å². The Balaban J connectivity index is 1.65. The summed E-state index contributed by atoms with van der Waals surface area (Å²) in [4.78, 5) is 0. The predicted molar refractivity (Wildman–Crippen MR) is 132 cm³/mol. The molecule has 0 radical (unpaired) electrons. The van der Waals surface area contributed by atoms with Crippen molar-refractivity contribution in [1.29, 1.82) is 0 Å². The fraction of sp³-hybridized carbons (Fsp3) is 0. The summed E-state index contributed by atoms with van der Waals surface area (Å²) in [5.74, 6) is 0. The number of aromatic nitrogens is 1. The number of benzene rings is 5. The maximum Gasteiger partial charge on any atom is 0.0620 e. The van der Waals surface area contributed by atoms with Crippen molar-refractivity contribution in [3.05, 3.63) is 115 Å². The van der Waals surface area contributed by atoms with Crippen LogP contribution in [-0.2, 0) is 0 Å². The van der Waals surface area contributed by atoms with Gasteiger partial charge >= 0.3 is 0 Å². The van der Waals surface area contributed by atoms with Crippen LogP contribution in [0.4, 0.5) is 0 Å². The summed E-state index contributed by atoms with van der Waals surface area (Å²) >= 11 is 0. The largest absolute Gasteiger partial charge is 0.308 e. The van der Waals surface area contributed by atoms with E-state index in [1.807, 2.05) is 0 Å². The lowest BCUT2D eigenvalue weighted by Crippen LogP contribution is -1.85. The van der Waals surface area contributed by atoms with Crippen LogP contribution in [0.15, 0.2) is 115 Å². The third kappa shape index (κ3) is 2.26. The Hall–Kier alpha value is -4.10. The Morgan fingerprint density at radius 1 is 0.387 bits per heavy atom. The predicted octanol–water partition coefficient (Wildman–Crippen LogP) is 8.17. The van der Waals surface area contributed by atoms with E-state index in [9.17, 15) is 0 Å². The van der Waals surface area contributed by atoms with Gasteiger partial charge in [0.2, 0.25) is 0 Å². The van der Waals surface area contributed by atoms with E-state index in [4.69, 9.17) is 0 Å². The van der Waals surface area contributed by atoms with Crippen LogP contribution in [0.25, 0.3) is 60.3 Å². The summed E-state index contributed by atoms with van der Waals surface area (Å²) in [6, 6.07) is 41.7. The minimum Gasteiger partial charge on any atom is -0.308 e. The quantitative estimate of drug-likeness (QED) is 0.279. The van der Waals surface area contributed by atoms with Crippen LogP contribution in [-0.4, -0.2) is 4.40 Å². The zero-order chi connectivity index (χ0) is 20.4. The van der Waals surface area contributed by atoms with Crippen LogP contribution in [0.5, 0.6) is 0 Å². The van der Waals surface area contributed by atoms with Crippen molar-refractivity contribution in [2.45, 2.75) is 0 Å². The van der Waals surface area contributed by atoms with Crippen molar-refractivity contribution >= 4 is 38.1 Å². The van der Waals surface area contributed by atoms with Gasteiger partial charge in [0, 0.05) is 21.5 Å². The molecule has 0 aliphatic rings. The van der Waals surface area contributed by atoms with Gasteiger partial charge in [-0.25, -0.2) is 0 Å². The van der Waals surface area contributed by atoms with Crippen LogP contribution in [0.1, 0.15) is 0 Å². The smallest absolute Gasteiger partial charge is 0.0620 e. The van der Waals surface area contributed by atoms with Crippen LogP contribution in [0.2, 0.25) is 0 Å². The second-order valence-electron chi connectivity index (χ2n) is 8.20. The molecule has 31 heavy (non-hydrogen) atoms. The van der Waals surface area contributed by atoms with Crippen LogP contribution < -0.4 is 0 Å². The fourth-order valence-electron chi connectivity index (χ4n) is 5.21. The first-order valence-corrected chi connectivity index (χ1v) is 10.7. The third-order valence-corrected chi connectivity index (χ3v) is 6.53. The summed E-state index contributed by atoms with van der Waals surface area (Å²) < 4.78 is 2.43. The number of hydrogen-bond donors (Lipinski definition) is 0. The maximum absolute atomic E-state index is 2.43. The highest BCUT2D eigenvalue weighted by Crippen LogP contribution is 2.42. The van der Waals surface area contributed by atoms with Crippen molar-refractivity contribution in [3.8, 4) is 22.3 Å². The van der Waals surface area contributed by atoms with E-state index >= 15 is 0 Å². The molecule has 0 amide bonds. The SMILES string of the molecule is c1ccc(-c2ccccc2-c2cc3c4ccccc4n4c5ccccc5c(c2)c34)cc1. The molecule has 0 bridgehead atoms. The zero-order valence-corrected chi connectivity index (χ0v) is 16.9. The molecule has 0 atom stereocenters. The normalized spacial score (nSPS) is 11.9. The van der Waals surface area contributed by atoms with Gasteiger partial charge in [0.05, 0.1) is 16.6 Å². The first-order valence-electron chi connectivity index (χ1n) is 10.7. The van der Waals surface area contributed by atoms with Gasteiger partial charge in [0.15, 0.2) is 0 Å². The molecule has 0 saturated heterocycles. The van der Waals surface area contributed by atoms with E-state index in [2.05, 4.69) is 120 Å². The Bertz CT molecular complexity index is 1640. The standard InChI is InChI=1S/C30H19N/c1-2-10-20(11-3-1)22-12-4-5-13-23(22)21-18-26-24-14-6-8-16-28(24)31-29-17-9-7-15-25(29)27(19-21)30(26)31/h1-19H. The second-order valence-corrected chi connectivity index (χ2v) is 8.20. The van der Waals surface area contributed by atoms with Gasteiger partial charge in [0.25, 0.3) is 0 Å². The van der Waals surface area contributed by atoms with Crippen LogP contribution in [0, 0.1) is 0 Å². The van der Waals surface area contributed by atoms with Gasteiger partial charge in [-0.15, -0.1) is 0 Å².